The van der Waals surface area contributed by atoms with Crippen LogP contribution in [0.25, 0.3) is 5.65 Å². The Labute approximate surface area is 238 Å². The zero-order valence-electron chi connectivity index (χ0n) is 22.4. The topological polar surface area (TPSA) is 160 Å². The number of rotatable bonds is 8. The molecule has 0 fully saturated rings. The highest BCUT2D eigenvalue weighted by Gasteiger charge is 2.29. The predicted octanol–water partition coefficient (Wildman–Crippen LogP) is 2.91. The van der Waals surface area contributed by atoms with Crippen molar-refractivity contribution < 1.29 is 36.7 Å². The fourth-order valence-corrected chi connectivity index (χ4v) is 5.90. The SMILES string of the molecule is Cc1c(C(=O)O)ccc2c1CC[C@@H]2NC(=O)c1cc(C(=O)NCc2ccc(F)c(CS(C)(=O)=O)c2)nc2c(F)cnn12. The Morgan fingerprint density at radius 1 is 1.10 bits per heavy atom. The summed E-state index contributed by atoms with van der Waals surface area (Å²) in [6.45, 7) is 1.59. The summed E-state index contributed by atoms with van der Waals surface area (Å²) in [7, 11) is -3.50. The number of nitrogens with one attached hydrogen (secondary N) is 2. The molecule has 2 aromatic heterocycles. The van der Waals surface area contributed by atoms with Crippen molar-refractivity contribution in [2.45, 2.75) is 38.1 Å². The lowest BCUT2D eigenvalue weighted by Gasteiger charge is -2.16. The van der Waals surface area contributed by atoms with Gasteiger partial charge in [0.05, 0.1) is 23.6 Å². The molecule has 0 saturated carbocycles. The molecule has 0 radical (unpaired) electrons. The van der Waals surface area contributed by atoms with Crippen molar-refractivity contribution >= 4 is 33.3 Å². The number of carbonyl (C=O) groups excluding carboxylic acids is 2. The maximum Gasteiger partial charge on any atom is 0.335 e. The van der Waals surface area contributed by atoms with Crippen LogP contribution in [-0.4, -0.2) is 52.2 Å². The van der Waals surface area contributed by atoms with Gasteiger partial charge in [-0.05, 0) is 54.2 Å². The molecule has 0 aliphatic heterocycles. The summed E-state index contributed by atoms with van der Waals surface area (Å²) in [4.78, 5) is 41.9. The fraction of sp³-hybridized carbons (Fsp3) is 0.250. The van der Waals surface area contributed by atoms with Crippen molar-refractivity contribution in [1.29, 1.82) is 0 Å². The summed E-state index contributed by atoms with van der Waals surface area (Å²) < 4.78 is 52.8. The minimum absolute atomic E-state index is 0.0491. The second-order valence-electron chi connectivity index (χ2n) is 10.1. The van der Waals surface area contributed by atoms with Crippen LogP contribution in [-0.2, 0) is 28.6 Å². The molecule has 0 saturated heterocycles. The lowest BCUT2D eigenvalue weighted by atomic mass is 9.98. The number of amides is 2. The van der Waals surface area contributed by atoms with Gasteiger partial charge in [0.25, 0.3) is 11.8 Å². The van der Waals surface area contributed by atoms with Gasteiger partial charge in [-0.25, -0.2) is 31.5 Å². The van der Waals surface area contributed by atoms with Gasteiger partial charge in [0.15, 0.2) is 21.3 Å². The van der Waals surface area contributed by atoms with Gasteiger partial charge in [0, 0.05) is 24.4 Å². The number of hydrogen-bond acceptors (Lipinski definition) is 7. The Morgan fingerprint density at radius 2 is 1.86 bits per heavy atom. The van der Waals surface area contributed by atoms with Crippen LogP contribution < -0.4 is 10.6 Å². The van der Waals surface area contributed by atoms with E-state index in [0.717, 1.165) is 34.2 Å². The Bertz CT molecular complexity index is 1890. The van der Waals surface area contributed by atoms with Gasteiger partial charge in [0.2, 0.25) is 0 Å². The predicted molar refractivity (Wildman–Crippen MR) is 146 cm³/mol. The molecule has 2 heterocycles. The van der Waals surface area contributed by atoms with Crippen molar-refractivity contribution in [1.82, 2.24) is 25.2 Å². The number of aromatic nitrogens is 3. The molecule has 218 valence electrons. The average molecular weight is 598 g/mol. The molecule has 42 heavy (non-hydrogen) atoms. The highest BCUT2D eigenvalue weighted by Crippen LogP contribution is 2.35. The number of carboxylic acids is 1. The third-order valence-electron chi connectivity index (χ3n) is 7.10. The van der Waals surface area contributed by atoms with Gasteiger partial charge >= 0.3 is 5.97 Å². The van der Waals surface area contributed by atoms with E-state index in [-0.39, 0.29) is 34.7 Å². The zero-order valence-corrected chi connectivity index (χ0v) is 23.3. The van der Waals surface area contributed by atoms with Crippen LogP contribution in [0.1, 0.15) is 71.6 Å². The van der Waals surface area contributed by atoms with Crippen LogP contribution in [0.5, 0.6) is 0 Å². The molecular weight excluding hydrogens is 572 g/mol. The monoisotopic (exact) mass is 597 g/mol. The molecule has 1 aliphatic rings. The van der Waals surface area contributed by atoms with Crippen LogP contribution in [0.4, 0.5) is 8.78 Å². The molecule has 5 rings (SSSR count). The highest BCUT2D eigenvalue weighted by atomic mass is 32.2. The van der Waals surface area contributed by atoms with Gasteiger partial charge in [-0.1, -0.05) is 18.2 Å². The Hall–Kier alpha value is -4.72. The number of carbonyl (C=O) groups is 3. The van der Waals surface area contributed by atoms with E-state index < -0.39 is 51.1 Å². The smallest absolute Gasteiger partial charge is 0.335 e. The number of benzene rings is 2. The van der Waals surface area contributed by atoms with Crippen LogP contribution in [0, 0.1) is 18.6 Å². The second-order valence-corrected chi connectivity index (χ2v) is 12.2. The average Bonchev–Trinajstić information content (AvgIpc) is 3.51. The number of fused-ring (bicyclic) bond motifs is 2. The lowest BCUT2D eigenvalue weighted by molar-refractivity contribution is 0.0695. The number of aromatic carboxylic acids is 1. The minimum Gasteiger partial charge on any atom is -0.478 e. The first kappa shape index (κ1) is 28.8. The van der Waals surface area contributed by atoms with Crippen LogP contribution in [0.3, 0.4) is 0 Å². The molecule has 11 nitrogen and oxygen atoms in total. The van der Waals surface area contributed by atoms with Crippen molar-refractivity contribution in [3.8, 4) is 0 Å². The highest BCUT2D eigenvalue weighted by molar-refractivity contribution is 7.89. The quantitative estimate of drug-likeness (QED) is 0.280. The van der Waals surface area contributed by atoms with E-state index in [0.29, 0.717) is 24.0 Å². The number of nitrogens with zero attached hydrogens (tertiary/aromatic N) is 3. The Morgan fingerprint density at radius 3 is 2.57 bits per heavy atom. The molecule has 1 aliphatic carbocycles. The molecule has 0 bridgehead atoms. The van der Waals surface area contributed by atoms with Crippen LogP contribution >= 0.6 is 0 Å². The van der Waals surface area contributed by atoms with Crippen molar-refractivity contribution in [3.05, 3.63) is 99.0 Å². The first-order valence-electron chi connectivity index (χ1n) is 12.8. The van der Waals surface area contributed by atoms with E-state index in [1.807, 2.05) is 0 Å². The van der Waals surface area contributed by atoms with Gasteiger partial charge < -0.3 is 15.7 Å². The van der Waals surface area contributed by atoms with Gasteiger partial charge in [-0.2, -0.15) is 5.10 Å². The first-order chi connectivity index (χ1) is 19.8. The number of hydrogen-bond donors (Lipinski definition) is 3. The van der Waals surface area contributed by atoms with E-state index in [1.165, 1.54) is 24.3 Å². The lowest BCUT2D eigenvalue weighted by Crippen LogP contribution is -2.30. The Balaban J connectivity index is 1.38. The van der Waals surface area contributed by atoms with Crippen LogP contribution in [0.2, 0.25) is 0 Å². The summed E-state index contributed by atoms with van der Waals surface area (Å²) in [6.07, 6.45) is 2.91. The molecule has 0 spiro atoms. The largest absolute Gasteiger partial charge is 0.478 e. The molecule has 14 heteroatoms. The van der Waals surface area contributed by atoms with E-state index >= 15 is 0 Å². The summed E-state index contributed by atoms with van der Waals surface area (Å²) in [5.41, 5.74) is 2.01. The third-order valence-corrected chi connectivity index (χ3v) is 7.94. The third kappa shape index (κ3) is 5.70. The summed E-state index contributed by atoms with van der Waals surface area (Å²) in [5, 5.41) is 18.7. The minimum atomic E-state index is -3.50. The number of sulfone groups is 1. The van der Waals surface area contributed by atoms with E-state index in [4.69, 9.17) is 0 Å². The standard InChI is InChI=1S/C28H25F2N5O6S/c1-14-17-6-8-22(19(17)5-4-18(14)28(38)39)34-27(37)24-10-23(33-25-21(30)12-32-35(24)25)26(36)31-11-15-3-7-20(29)16(9-15)13-42(2,40)41/h3-5,7,9-10,12,22H,6,8,11,13H2,1-2H3,(H,31,36)(H,34,37)(H,38,39)/t22-/m0/s1. The molecule has 2 amide bonds. The van der Waals surface area contributed by atoms with Gasteiger partial charge in [-0.15, -0.1) is 0 Å². The maximum absolute atomic E-state index is 14.5. The summed E-state index contributed by atoms with van der Waals surface area (Å²) in [5.74, 6) is -4.51. The van der Waals surface area contributed by atoms with Crippen molar-refractivity contribution in [2.75, 3.05) is 6.26 Å². The second kappa shape index (κ2) is 10.9. The van der Waals surface area contributed by atoms with E-state index in [1.54, 1.807) is 13.0 Å². The number of halogens is 2. The molecule has 2 aromatic carbocycles. The van der Waals surface area contributed by atoms with Crippen molar-refractivity contribution in [2.24, 2.45) is 0 Å². The number of carboxylic acid groups (broad SMARTS) is 1. The summed E-state index contributed by atoms with van der Waals surface area (Å²) in [6, 6.07) is 7.67. The zero-order chi connectivity index (χ0) is 30.3. The fourth-order valence-electron chi connectivity index (χ4n) is 5.11. The van der Waals surface area contributed by atoms with E-state index in [2.05, 4.69) is 20.7 Å². The Kier molecular flexibility index (Phi) is 7.49. The first-order valence-corrected chi connectivity index (χ1v) is 14.8. The normalized spacial score (nSPS) is 14.5. The molecule has 4 aromatic rings. The van der Waals surface area contributed by atoms with Crippen molar-refractivity contribution in [3.63, 3.8) is 0 Å². The summed E-state index contributed by atoms with van der Waals surface area (Å²) >= 11 is 0. The van der Waals surface area contributed by atoms with Crippen LogP contribution in [0.15, 0.2) is 42.6 Å². The van der Waals surface area contributed by atoms with Gasteiger partial charge in [-0.3, -0.25) is 9.59 Å². The maximum atomic E-state index is 14.5. The van der Waals surface area contributed by atoms with Gasteiger partial charge in [0.1, 0.15) is 17.2 Å². The van der Waals surface area contributed by atoms with E-state index in [9.17, 15) is 36.7 Å². The molecule has 3 N–H and O–H groups in total. The molecule has 1 atom stereocenters. The molecular formula is C28H25F2N5O6S. The molecule has 0 unspecified atom stereocenters.